The van der Waals surface area contributed by atoms with Crippen molar-refractivity contribution >= 4 is 31.9 Å². The number of furan rings is 1. The Balaban J connectivity index is 2.45. The summed E-state index contributed by atoms with van der Waals surface area (Å²) in [7, 11) is 1.80. The first-order chi connectivity index (χ1) is 8.11. The Morgan fingerprint density at radius 2 is 2.06 bits per heavy atom. The first-order valence-corrected chi connectivity index (χ1v) is 6.56. The van der Waals surface area contributed by atoms with Gasteiger partial charge >= 0.3 is 0 Å². The van der Waals surface area contributed by atoms with Gasteiger partial charge in [0.25, 0.3) is 0 Å². The Morgan fingerprint density at radius 1 is 1.29 bits per heavy atom. The normalized spacial score (nSPS) is 12.7. The highest BCUT2D eigenvalue weighted by atomic mass is 79.9. The van der Waals surface area contributed by atoms with E-state index in [-0.39, 0.29) is 11.9 Å². The molecule has 90 valence electrons. The lowest BCUT2D eigenvalue weighted by Gasteiger charge is -2.15. The van der Waals surface area contributed by atoms with E-state index in [0.717, 1.165) is 15.8 Å². The zero-order chi connectivity index (χ0) is 12.4. The molecule has 5 heteroatoms. The monoisotopic (exact) mass is 361 g/mol. The Kier molecular flexibility index (Phi) is 4.01. The van der Waals surface area contributed by atoms with Gasteiger partial charge in [0.1, 0.15) is 11.6 Å². The Bertz CT molecular complexity index is 507. The summed E-state index contributed by atoms with van der Waals surface area (Å²) in [6, 6.07) is 6.40. The number of hydrogen-bond donors (Lipinski definition) is 1. The lowest BCUT2D eigenvalue weighted by molar-refractivity contribution is 0.459. The summed E-state index contributed by atoms with van der Waals surface area (Å²) in [4.78, 5) is 0. The maximum atomic E-state index is 13.4. The zero-order valence-electron chi connectivity index (χ0n) is 9.01. The van der Waals surface area contributed by atoms with Gasteiger partial charge in [-0.1, -0.05) is 15.9 Å². The van der Waals surface area contributed by atoms with Crippen LogP contribution in [-0.2, 0) is 0 Å². The number of nitrogens with one attached hydrogen (secondary N) is 1. The molecule has 1 aromatic carbocycles. The standard InChI is InChI=1S/C12H10Br2FNO/c1-16-11(12-10(14)2-3-17-12)7-4-8(13)6-9(15)5-7/h2-6,11,16H,1H3. The third-order valence-electron chi connectivity index (χ3n) is 2.41. The van der Waals surface area contributed by atoms with E-state index >= 15 is 0 Å². The van der Waals surface area contributed by atoms with Crippen LogP contribution in [0.15, 0.2) is 43.9 Å². The maximum Gasteiger partial charge on any atom is 0.139 e. The summed E-state index contributed by atoms with van der Waals surface area (Å²) in [5.41, 5.74) is 0.801. The Labute approximate surface area is 115 Å². The van der Waals surface area contributed by atoms with E-state index in [1.807, 2.05) is 12.1 Å². The van der Waals surface area contributed by atoms with Gasteiger partial charge in [-0.2, -0.15) is 0 Å². The molecule has 0 radical (unpaired) electrons. The molecule has 0 aliphatic heterocycles. The highest BCUT2D eigenvalue weighted by Crippen LogP contribution is 2.30. The van der Waals surface area contributed by atoms with Crippen molar-refractivity contribution in [1.82, 2.24) is 5.32 Å². The van der Waals surface area contributed by atoms with Crippen LogP contribution in [0.25, 0.3) is 0 Å². The second kappa shape index (κ2) is 5.33. The topological polar surface area (TPSA) is 25.2 Å². The van der Waals surface area contributed by atoms with Gasteiger partial charge in [-0.25, -0.2) is 4.39 Å². The van der Waals surface area contributed by atoms with Gasteiger partial charge in [-0.05, 0) is 52.8 Å². The van der Waals surface area contributed by atoms with E-state index in [0.29, 0.717) is 4.47 Å². The molecule has 0 amide bonds. The molecule has 1 heterocycles. The molecule has 2 aromatic rings. The van der Waals surface area contributed by atoms with Gasteiger partial charge in [0, 0.05) is 4.47 Å². The van der Waals surface area contributed by atoms with Gasteiger partial charge in [-0.15, -0.1) is 0 Å². The average molecular weight is 363 g/mol. The van der Waals surface area contributed by atoms with Gasteiger partial charge in [0.2, 0.25) is 0 Å². The molecule has 17 heavy (non-hydrogen) atoms. The van der Waals surface area contributed by atoms with Crippen molar-refractivity contribution in [3.63, 3.8) is 0 Å². The second-order valence-corrected chi connectivity index (χ2v) is 5.33. The minimum Gasteiger partial charge on any atom is -0.466 e. The van der Waals surface area contributed by atoms with E-state index in [1.165, 1.54) is 12.1 Å². The zero-order valence-corrected chi connectivity index (χ0v) is 12.2. The van der Waals surface area contributed by atoms with Gasteiger partial charge < -0.3 is 9.73 Å². The molecule has 0 fully saturated rings. The highest BCUT2D eigenvalue weighted by Gasteiger charge is 2.19. The summed E-state index contributed by atoms with van der Waals surface area (Å²) in [5.74, 6) is 0.447. The maximum absolute atomic E-state index is 13.4. The first kappa shape index (κ1) is 12.8. The van der Waals surface area contributed by atoms with Gasteiger partial charge in [0.15, 0.2) is 0 Å². The molecule has 1 unspecified atom stereocenters. The fraction of sp³-hybridized carbons (Fsp3) is 0.167. The minimum absolute atomic E-state index is 0.189. The molecule has 1 atom stereocenters. The average Bonchev–Trinajstić information content (AvgIpc) is 2.65. The van der Waals surface area contributed by atoms with Crippen LogP contribution < -0.4 is 5.32 Å². The third-order valence-corrected chi connectivity index (χ3v) is 3.53. The summed E-state index contributed by atoms with van der Waals surface area (Å²) >= 11 is 6.68. The van der Waals surface area contributed by atoms with Gasteiger partial charge in [-0.3, -0.25) is 0 Å². The van der Waals surface area contributed by atoms with Crippen molar-refractivity contribution in [2.24, 2.45) is 0 Å². The van der Waals surface area contributed by atoms with E-state index < -0.39 is 0 Å². The van der Waals surface area contributed by atoms with Crippen molar-refractivity contribution in [1.29, 1.82) is 0 Å². The number of rotatable bonds is 3. The predicted molar refractivity (Wildman–Crippen MR) is 71.4 cm³/mol. The summed E-state index contributed by atoms with van der Waals surface area (Å²) in [6.07, 6.45) is 1.60. The lowest BCUT2D eigenvalue weighted by atomic mass is 10.0. The molecule has 0 saturated heterocycles. The van der Waals surface area contributed by atoms with Crippen LogP contribution in [0.1, 0.15) is 17.4 Å². The number of halogens is 3. The predicted octanol–water partition coefficient (Wildman–Crippen LogP) is 4.25. The molecule has 0 saturated carbocycles. The van der Waals surface area contributed by atoms with Crippen molar-refractivity contribution in [2.75, 3.05) is 7.05 Å². The molecule has 2 nitrogen and oxygen atoms in total. The van der Waals surface area contributed by atoms with Crippen LogP contribution in [0, 0.1) is 5.82 Å². The largest absolute Gasteiger partial charge is 0.466 e. The van der Waals surface area contributed by atoms with Crippen LogP contribution in [0.3, 0.4) is 0 Å². The SMILES string of the molecule is CNC(c1cc(F)cc(Br)c1)c1occc1Br. The molecule has 2 rings (SSSR count). The van der Waals surface area contributed by atoms with Crippen LogP contribution in [-0.4, -0.2) is 7.05 Å². The molecule has 0 spiro atoms. The minimum atomic E-state index is -0.280. The number of hydrogen-bond acceptors (Lipinski definition) is 2. The second-order valence-electron chi connectivity index (χ2n) is 3.56. The van der Waals surface area contributed by atoms with Crippen LogP contribution in [0.5, 0.6) is 0 Å². The quantitative estimate of drug-likeness (QED) is 0.882. The molecule has 1 N–H and O–H groups in total. The first-order valence-electron chi connectivity index (χ1n) is 4.98. The van der Waals surface area contributed by atoms with Crippen LogP contribution >= 0.6 is 31.9 Å². The van der Waals surface area contributed by atoms with Crippen molar-refractivity contribution in [3.8, 4) is 0 Å². The van der Waals surface area contributed by atoms with E-state index in [2.05, 4.69) is 37.2 Å². The smallest absolute Gasteiger partial charge is 0.139 e. The molecule has 0 aliphatic rings. The third kappa shape index (κ3) is 2.78. The molecule has 0 aliphatic carbocycles. The van der Waals surface area contributed by atoms with Crippen molar-refractivity contribution < 1.29 is 8.81 Å². The van der Waals surface area contributed by atoms with Gasteiger partial charge in [0.05, 0.1) is 16.8 Å². The van der Waals surface area contributed by atoms with Crippen LogP contribution in [0.4, 0.5) is 4.39 Å². The van der Waals surface area contributed by atoms with Crippen molar-refractivity contribution in [3.05, 3.63) is 56.6 Å². The van der Waals surface area contributed by atoms with Crippen molar-refractivity contribution in [2.45, 2.75) is 6.04 Å². The summed E-state index contributed by atoms with van der Waals surface area (Å²) in [6.45, 7) is 0. The summed E-state index contributed by atoms with van der Waals surface area (Å²) < 4.78 is 20.3. The van der Waals surface area contributed by atoms with E-state index in [4.69, 9.17) is 4.42 Å². The molecule has 0 bridgehead atoms. The molecular formula is C12H10Br2FNO. The highest BCUT2D eigenvalue weighted by molar-refractivity contribution is 9.10. The Hall–Kier alpha value is -0.650. The lowest BCUT2D eigenvalue weighted by Crippen LogP contribution is -2.17. The van der Waals surface area contributed by atoms with E-state index in [1.54, 1.807) is 13.3 Å². The molecular weight excluding hydrogens is 353 g/mol. The fourth-order valence-corrected chi connectivity index (χ4v) is 2.62. The van der Waals surface area contributed by atoms with Crippen LogP contribution in [0.2, 0.25) is 0 Å². The molecule has 1 aromatic heterocycles. The number of benzene rings is 1. The Morgan fingerprint density at radius 3 is 2.59 bits per heavy atom. The summed E-state index contributed by atoms with van der Waals surface area (Å²) in [5, 5.41) is 3.10. The van der Waals surface area contributed by atoms with E-state index in [9.17, 15) is 4.39 Å². The fourth-order valence-electron chi connectivity index (χ4n) is 1.70.